The molecule has 0 amide bonds. The minimum Gasteiger partial charge on any atom is -0.489 e. The van der Waals surface area contributed by atoms with E-state index in [1.807, 2.05) is 0 Å². The fraction of sp³-hybridized carbons (Fsp3) is 0.455. The molecule has 0 aromatic heterocycles. The number of nitro groups is 1. The van der Waals surface area contributed by atoms with Crippen molar-refractivity contribution in [2.24, 2.45) is 0 Å². The second kappa shape index (κ2) is 5.26. The topological polar surface area (TPSA) is 64.4 Å². The Kier molecular flexibility index (Phi) is 3.71. The minimum atomic E-state index is -1.10. The summed E-state index contributed by atoms with van der Waals surface area (Å²) >= 11 is 0. The van der Waals surface area contributed by atoms with Crippen molar-refractivity contribution in [1.82, 2.24) is 5.32 Å². The van der Waals surface area contributed by atoms with Gasteiger partial charge in [0.15, 0.2) is 11.6 Å². The van der Waals surface area contributed by atoms with Gasteiger partial charge in [-0.25, -0.2) is 4.39 Å². The van der Waals surface area contributed by atoms with Crippen molar-refractivity contribution in [3.63, 3.8) is 0 Å². The standard InChI is InChI=1S/C11H12F2N2O3/c12-8-5-11(9(13)4-10(8)15(16)17)18-6-7-2-1-3-14-7/h4-5,7,14H,1-3,6H2. The van der Waals surface area contributed by atoms with E-state index in [0.717, 1.165) is 19.4 Å². The summed E-state index contributed by atoms with van der Waals surface area (Å²) in [5.41, 5.74) is -0.890. The molecule has 0 spiro atoms. The predicted molar refractivity (Wildman–Crippen MR) is 59.5 cm³/mol. The molecule has 1 fully saturated rings. The molecule has 2 rings (SSSR count). The molecule has 1 aromatic rings. The van der Waals surface area contributed by atoms with E-state index in [1.54, 1.807) is 0 Å². The first-order valence-electron chi connectivity index (χ1n) is 5.57. The van der Waals surface area contributed by atoms with E-state index in [-0.39, 0.29) is 18.4 Å². The highest BCUT2D eigenvalue weighted by Gasteiger charge is 2.21. The summed E-state index contributed by atoms with van der Waals surface area (Å²) in [6.07, 6.45) is 1.93. The molecule has 1 atom stereocenters. The van der Waals surface area contributed by atoms with Crippen LogP contribution in [0.25, 0.3) is 0 Å². The summed E-state index contributed by atoms with van der Waals surface area (Å²) < 4.78 is 31.9. The van der Waals surface area contributed by atoms with E-state index >= 15 is 0 Å². The van der Waals surface area contributed by atoms with Gasteiger partial charge in [-0.05, 0) is 19.4 Å². The fourth-order valence-corrected chi connectivity index (χ4v) is 1.86. The first-order valence-corrected chi connectivity index (χ1v) is 5.57. The van der Waals surface area contributed by atoms with Gasteiger partial charge in [-0.3, -0.25) is 10.1 Å². The van der Waals surface area contributed by atoms with E-state index in [4.69, 9.17) is 4.74 Å². The molecule has 1 aliphatic rings. The molecular weight excluding hydrogens is 246 g/mol. The summed E-state index contributed by atoms with van der Waals surface area (Å²) in [6.45, 7) is 1.10. The predicted octanol–water partition coefficient (Wildman–Crippen LogP) is 2.00. The Bertz CT molecular complexity index is 462. The highest BCUT2D eigenvalue weighted by atomic mass is 19.1. The number of nitrogens with one attached hydrogen (secondary N) is 1. The van der Waals surface area contributed by atoms with Crippen molar-refractivity contribution >= 4 is 5.69 Å². The Balaban J connectivity index is 2.08. The third-order valence-corrected chi connectivity index (χ3v) is 2.80. The quantitative estimate of drug-likeness (QED) is 0.662. The van der Waals surface area contributed by atoms with Crippen LogP contribution in [0.15, 0.2) is 12.1 Å². The van der Waals surface area contributed by atoms with E-state index in [2.05, 4.69) is 5.32 Å². The molecule has 1 N–H and O–H groups in total. The van der Waals surface area contributed by atoms with Gasteiger partial charge >= 0.3 is 5.69 Å². The highest BCUT2D eigenvalue weighted by molar-refractivity contribution is 5.39. The van der Waals surface area contributed by atoms with Gasteiger partial charge in [0.2, 0.25) is 5.82 Å². The number of halogens is 2. The molecule has 5 nitrogen and oxygen atoms in total. The molecule has 18 heavy (non-hydrogen) atoms. The van der Waals surface area contributed by atoms with Gasteiger partial charge in [-0.1, -0.05) is 0 Å². The molecule has 0 aliphatic carbocycles. The lowest BCUT2D eigenvalue weighted by molar-refractivity contribution is -0.387. The van der Waals surface area contributed by atoms with E-state index in [9.17, 15) is 18.9 Å². The van der Waals surface area contributed by atoms with Crippen LogP contribution in [0.4, 0.5) is 14.5 Å². The molecule has 1 unspecified atom stereocenters. The first-order chi connectivity index (χ1) is 8.58. The maximum atomic E-state index is 13.4. The summed E-state index contributed by atoms with van der Waals surface area (Å²) in [5.74, 6) is -2.33. The van der Waals surface area contributed by atoms with Crippen molar-refractivity contribution in [2.75, 3.05) is 13.2 Å². The summed E-state index contributed by atoms with van der Waals surface area (Å²) in [7, 11) is 0. The fourth-order valence-electron chi connectivity index (χ4n) is 1.86. The molecule has 1 aromatic carbocycles. The molecule has 7 heteroatoms. The number of hydrogen-bond acceptors (Lipinski definition) is 4. The normalized spacial score (nSPS) is 18.9. The van der Waals surface area contributed by atoms with Crippen molar-refractivity contribution in [3.05, 3.63) is 33.9 Å². The largest absolute Gasteiger partial charge is 0.489 e. The van der Waals surface area contributed by atoms with Crippen LogP contribution in [0.2, 0.25) is 0 Å². The lowest BCUT2D eigenvalue weighted by Gasteiger charge is -2.12. The summed E-state index contributed by atoms with van der Waals surface area (Å²) in [6, 6.07) is 1.36. The number of rotatable bonds is 4. The number of benzene rings is 1. The van der Waals surface area contributed by atoms with E-state index in [0.29, 0.717) is 12.1 Å². The number of ether oxygens (including phenoxy) is 1. The Morgan fingerprint density at radius 3 is 2.83 bits per heavy atom. The van der Waals surface area contributed by atoms with Gasteiger partial charge in [0.25, 0.3) is 0 Å². The molecule has 1 saturated heterocycles. The lowest BCUT2D eigenvalue weighted by Crippen LogP contribution is -2.28. The smallest absolute Gasteiger partial charge is 0.307 e. The molecule has 98 valence electrons. The van der Waals surface area contributed by atoms with Crippen LogP contribution in [0.5, 0.6) is 5.75 Å². The Morgan fingerprint density at radius 2 is 2.22 bits per heavy atom. The van der Waals surface area contributed by atoms with E-state index in [1.165, 1.54) is 0 Å². The number of hydrogen-bond donors (Lipinski definition) is 1. The molecule has 0 radical (unpaired) electrons. The SMILES string of the molecule is O=[N+]([O-])c1cc(F)c(OCC2CCCN2)cc1F. The zero-order valence-corrected chi connectivity index (χ0v) is 9.49. The highest BCUT2D eigenvalue weighted by Crippen LogP contribution is 2.26. The monoisotopic (exact) mass is 258 g/mol. The van der Waals surface area contributed by atoms with Gasteiger partial charge in [0.1, 0.15) is 6.61 Å². The van der Waals surface area contributed by atoms with Crippen molar-refractivity contribution in [2.45, 2.75) is 18.9 Å². The summed E-state index contributed by atoms with van der Waals surface area (Å²) in [5, 5.41) is 13.5. The average Bonchev–Trinajstić information content (AvgIpc) is 2.82. The van der Waals surface area contributed by atoms with Crippen LogP contribution in [-0.2, 0) is 0 Å². The van der Waals surface area contributed by atoms with Crippen molar-refractivity contribution in [3.8, 4) is 5.75 Å². The molecule has 0 bridgehead atoms. The van der Waals surface area contributed by atoms with Crippen LogP contribution in [0, 0.1) is 21.7 Å². The van der Waals surface area contributed by atoms with Gasteiger partial charge in [0.05, 0.1) is 11.0 Å². The second-order valence-corrected chi connectivity index (χ2v) is 4.10. The van der Waals surface area contributed by atoms with Gasteiger partial charge < -0.3 is 10.1 Å². The van der Waals surface area contributed by atoms with Crippen LogP contribution in [0.1, 0.15) is 12.8 Å². The van der Waals surface area contributed by atoms with Gasteiger partial charge in [0, 0.05) is 12.1 Å². The van der Waals surface area contributed by atoms with Crippen LogP contribution < -0.4 is 10.1 Å². The number of nitro benzene ring substituents is 1. The first kappa shape index (κ1) is 12.7. The van der Waals surface area contributed by atoms with Crippen LogP contribution in [0.3, 0.4) is 0 Å². The zero-order valence-electron chi connectivity index (χ0n) is 9.49. The molecule has 1 aliphatic heterocycles. The van der Waals surface area contributed by atoms with Crippen LogP contribution in [-0.4, -0.2) is 24.1 Å². The third-order valence-electron chi connectivity index (χ3n) is 2.80. The lowest BCUT2D eigenvalue weighted by atomic mass is 10.2. The van der Waals surface area contributed by atoms with Gasteiger partial charge in [-0.15, -0.1) is 0 Å². The third kappa shape index (κ3) is 2.73. The number of nitrogens with zero attached hydrogens (tertiary/aromatic N) is 1. The second-order valence-electron chi connectivity index (χ2n) is 4.10. The Labute approximate surface area is 102 Å². The summed E-state index contributed by atoms with van der Waals surface area (Å²) in [4.78, 5) is 9.43. The maximum absolute atomic E-state index is 13.4. The van der Waals surface area contributed by atoms with Crippen molar-refractivity contribution in [1.29, 1.82) is 0 Å². The average molecular weight is 258 g/mol. The zero-order chi connectivity index (χ0) is 13.1. The maximum Gasteiger partial charge on any atom is 0.307 e. The molecular formula is C11H12F2N2O3. The van der Waals surface area contributed by atoms with E-state index < -0.39 is 22.2 Å². The van der Waals surface area contributed by atoms with Crippen LogP contribution >= 0.6 is 0 Å². The van der Waals surface area contributed by atoms with Gasteiger partial charge in [-0.2, -0.15) is 4.39 Å². The Hall–Kier alpha value is -1.76. The minimum absolute atomic E-state index is 0.114. The Morgan fingerprint density at radius 1 is 1.44 bits per heavy atom. The molecule has 1 heterocycles. The van der Waals surface area contributed by atoms with Crippen molar-refractivity contribution < 1.29 is 18.4 Å². The molecule has 0 saturated carbocycles.